The van der Waals surface area contributed by atoms with E-state index in [2.05, 4.69) is 5.32 Å². The van der Waals surface area contributed by atoms with Gasteiger partial charge in [-0.25, -0.2) is 8.78 Å². The van der Waals surface area contributed by atoms with Crippen molar-refractivity contribution in [3.63, 3.8) is 0 Å². The average molecular weight is 285 g/mol. The second-order valence-electron chi connectivity index (χ2n) is 4.40. The van der Waals surface area contributed by atoms with E-state index in [0.29, 0.717) is 12.8 Å². The number of unbranched alkanes of at least 4 members (excludes halogenated alkanes) is 1. The predicted octanol–water partition coefficient (Wildman–Crippen LogP) is 2.27. The van der Waals surface area contributed by atoms with Crippen molar-refractivity contribution in [2.45, 2.75) is 32.1 Å². The van der Waals surface area contributed by atoms with Gasteiger partial charge in [-0.05, 0) is 31.4 Å². The van der Waals surface area contributed by atoms with Crippen LogP contribution in [-0.4, -0.2) is 23.5 Å². The minimum Gasteiger partial charge on any atom is -0.481 e. The molecule has 1 rings (SSSR count). The van der Waals surface area contributed by atoms with Gasteiger partial charge in [0.2, 0.25) is 5.91 Å². The largest absolute Gasteiger partial charge is 0.481 e. The molecule has 1 aromatic carbocycles. The highest BCUT2D eigenvalue weighted by atomic mass is 19.1. The zero-order chi connectivity index (χ0) is 15.0. The van der Waals surface area contributed by atoms with Crippen molar-refractivity contribution in [3.8, 4) is 0 Å². The van der Waals surface area contributed by atoms with Crippen molar-refractivity contribution < 1.29 is 23.5 Å². The molecule has 0 saturated heterocycles. The molecule has 110 valence electrons. The lowest BCUT2D eigenvalue weighted by Gasteiger charge is -2.07. The van der Waals surface area contributed by atoms with Crippen molar-refractivity contribution in [1.82, 2.24) is 5.32 Å². The normalized spacial score (nSPS) is 10.3. The highest BCUT2D eigenvalue weighted by Crippen LogP contribution is 2.12. The molecule has 1 amide bonds. The maximum atomic E-state index is 13.3. The van der Waals surface area contributed by atoms with Gasteiger partial charge in [-0.15, -0.1) is 0 Å². The van der Waals surface area contributed by atoms with Crippen LogP contribution in [0.4, 0.5) is 8.78 Å². The third kappa shape index (κ3) is 5.77. The maximum absolute atomic E-state index is 13.3. The number of carboxylic acid groups (broad SMARTS) is 1. The molecule has 0 bridgehead atoms. The lowest BCUT2D eigenvalue weighted by molar-refractivity contribution is -0.137. The van der Waals surface area contributed by atoms with Gasteiger partial charge in [0.05, 0.1) is 0 Å². The fourth-order valence-corrected chi connectivity index (χ4v) is 1.75. The summed E-state index contributed by atoms with van der Waals surface area (Å²) in [5.74, 6) is -2.38. The van der Waals surface area contributed by atoms with Crippen LogP contribution in [0.5, 0.6) is 0 Å². The molecule has 0 heterocycles. The van der Waals surface area contributed by atoms with Crippen LogP contribution in [0.25, 0.3) is 0 Å². The first-order valence-corrected chi connectivity index (χ1v) is 6.42. The quantitative estimate of drug-likeness (QED) is 0.720. The summed E-state index contributed by atoms with van der Waals surface area (Å²) in [4.78, 5) is 21.7. The van der Waals surface area contributed by atoms with Gasteiger partial charge in [0.25, 0.3) is 0 Å². The summed E-state index contributed by atoms with van der Waals surface area (Å²) in [6, 6.07) is 3.63. The first kappa shape index (κ1) is 16.1. The number of aliphatic carboxylic acids is 1. The fraction of sp³-hybridized carbons (Fsp3) is 0.429. The molecule has 0 aliphatic heterocycles. The summed E-state index contributed by atoms with van der Waals surface area (Å²) >= 11 is 0. The van der Waals surface area contributed by atoms with E-state index in [9.17, 15) is 18.4 Å². The zero-order valence-corrected chi connectivity index (χ0v) is 11.0. The third-order valence-corrected chi connectivity index (χ3v) is 2.80. The monoisotopic (exact) mass is 285 g/mol. The molecule has 0 saturated carbocycles. The summed E-state index contributed by atoms with van der Waals surface area (Å²) in [6.07, 6.45) is 1.25. The number of amides is 1. The zero-order valence-electron chi connectivity index (χ0n) is 11.0. The molecule has 0 spiro atoms. The van der Waals surface area contributed by atoms with Crippen LogP contribution >= 0.6 is 0 Å². The minimum absolute atomic E-state index is 0.0354. The Balaban J connectivity index is 2.23. The van der Waals surface area contributed by atoms with Crippen LogP contribution < -0.4 is 5.32 Å². The summed E-state index contributed by atoms with van der Waals surface area (Å²) in [6.45, 7) is 0.148. The van der Waals surface area contributed by atoms with Crippen LogP contribution in [0.2, 0.25) is 0 Å². The van der Waals surface area contributed by atoms with Crippen LogP contribution in [0.3, 0.4) is 0 Å². The number of rotatable bonds is 8. The van der Waals surface area contributed by atoms with Crippen molar-refractivity contribution >= 4 is 11.9 Å². The van der Waals surface area contributed by atoms with Crippen molar-refractivity contribution in [2.75, 3.05) is 6.54 Å². The Kier molecular flexibility index (Phi) is 6.63. The second kappa shape index (κ2) is 8.24. The van der Waals surface area contributed by atoms with Crippen LogP contribution in [0.15, 0.2) is 18.2 Å². The maximum Gasteiger partial charge on any atom is 0.303 e. The van der Waals surface area contributed by atoms with E-state index < -0.39 is 17.6 Å². The topological polar surface area (TPSA) is 66.4 Å². The molecule has 6 heteroatoms. The van der Waals surface area contributed by atoms with Crippen molar-refractivity contribution in [1.29, 1.82) is 0 Å². The van der Waals surface area contributed by atoms with Crippen LogP contribution in [0.1, 0.15) is 31.2 Å². The van der Waals surface area contributed by atoms with Crippen LogP contribution in [0, 0.1) is 11.6 Å². The van der Waals surface area contributed by atoms with E-state index >= 15 is 0 Å². The van der Waals surface area contributed by atoms with Gasteiger partial charge in [-0.1, -0.05) is 6.07 Å². The van der Waals surface area contributed by atoms with E-state index in [1.54, 1.807) is 0 Å². The molecular formula is C14H17F2NO3. The number of carbonyl (C=O) groups excluding carboxylic acids is 1. The summed E-state index contributed by atoms with van der Waals surface area (Å²) < 4.78 is 26.6. The Morgan fingerprint density at radius 2 is 1.70 bits per heavy atom. The molecule has 0 atom stereocenters. The van der Waals surface area contributed by atoms with Gasteiger partial charge in [-0.3, -0.25) is 9.59 Å². The SMILES string of the molecule is O=C(O)CCCCC(=O)NCCc1c(F)cccc1F. The predicted molar refractivity (Wildman–Crippen MR) is 69.2 cm³/mol. The van der Waals surface area contributed by atoms with E-state index in [1.807, 2.05) is 0 Å². The molecule has 0 radical (unpaired) electrons. The van der Waals surface area contributed by atoms with E-state index in [-0.39, 0.29) is 37.3 Å². The molecule has 0 unspecified atom stereocenters. The lowest BCUT2D eigenvalue weighted by Crippen LogP contribution is -2.25. The summed E-state index contributed by atoms with van der Waals surface area (Å²) in [5, 5.41) is 11.0. The standard InChI is InChI=1S/C14H17F2NO3/c15-11-4-3-5-12(16)10(11)8-9-17-13(18)6-1-2-7-14(19)20/h3-5H,1-2,6-9H2,(H,17,18)(H,19,20). The fourth-order valence-electron chi connectivity index (χ4n) is 1.75. The number of hydrogen-bond acceptors (Lipinski definition) is 2. The second-order valence-corrected chi connectivity index (χ2v) is 4.40. The van der Waals surface area contributed by atoms with E-state index in [1.165, 1.54) is 18.2 Å². The van der Waals surface area contributed by atoms with Gasteiger partial charge in [0.1, 0.15) is 11.6 Å². The Morgan fingerprint density at radius 3 is 2.30 bits per heavy atom. The van der Waals surface area contributed by atoms with Gasteiger partial charge in [0.15, 0.2) is 0 Å². The Labute approximate surface area is 115 Å². The summed E-state index contributed by atoms with van der Waals surface area (Å²) in [7, 11) is 0. The Morgan fingerprint density at radius 1 is 1.10 bits per heavy atom. The molecule has 0 aliphatic rings. The van der Waals surface area contributed by atoms with E-state index in [0.717, 1.165) is 0 Å². The number of halogens is 2. The Bertz CT molecular complexity index is 457. The van der Waals surface area contributed by atoms with Gasteiger partial charge in [-0.2, -0.15) is 0 Å². The molecule has 1 aromatic rings. The number of benzene rings is 1. The van der Waals surface area contributed by atoms with Gasteiger partial charge in [0, 0.05) is 24.9 Å². The van der Waals surface area contributed by atoms with Gasteiger partial charge >= 0.3 is 5.97 Å². The molecular weight excluding hydrogens is 268 g/mol. The van der Waals surface area contributed by atoms with Gasteiger partial charge < -0.3 is 10.4 Å². The number of carbonyl (C=O) groups is 2. The number of carboxylic acids is 1. The van der Waals surface area contributed by atoms with Crippen molar-refractivity contribution in [3.05, 3.63) is 35.4 Å². The first-order valence-electron chi connectivity index (χ1n) is 6.42. The molecule has 0 aliphatic carbocycles. The molecule has 4 nitrogen and oxygen atoms in total. The smallest absolute Gasteiger partial charge is 0.303 e. The third-order valence-electron chi connectivity index (χ3n) is 2.80. The number of nitrogens with one attached hydrogen (secondary N) is 1. The first-order chi connectivity index (χ1) is 9.50. The number of hydrogen-bond donors (Lipinski definition) is 2. The highest BCUT2D eigenvalue weighted by molar-refractivity contribution is 5.75. The molecule has 20 heavy (non-hydrogen) atoms. The molecule has 0 aromatic heterocycles. The highest BCUT2D eigenvalue weighted by Gasteiger charge is 2.08. The van der Waals surface area contributed by atoms with Crippen molar-refractivity contribution in [2.24, 2.45) is 0 Å². The Hall–Kier alpha value is -1.98. The summed E-state index contributed by atoms with van der Waals surface area (Å²) in [5.41, 5.74) is -0.0429. The minimum atomic E-state index is -0.888. The van der Waals surface area contributed by atoms with E-state index in [4.69, 9.17) is 5.11 Å². The lowest BCUT2D eigenvalue weighted by atomic mass is 10.1. The average Bonchev–Trinajstić information content (AvgIpc) is 2.38. The molecule has 2 N–H and O–H groups in total. The molecule has 0 fully saturated rings. The van der Waals surface area contributed by atoms with Crippen LogP contribution in [-0.2, 0) is 16.0 Å².